The number of benzene rings is 1. The van der Waals surface area contributed by atoms with Crippen molar-refractivity contribution in [1.82, 2.24) is 9.80 Å². The predicted octanol–water partition coefficient (Wildman–Crippen LogP) is 2.77. The van der Waals surface area contributed by atoms with Gasteiger partial charge in [-0.15, -0.1) is 11.8 Å². The molecule has 0 unspecified atom stereocenters. The first-order valence-electron chi connectivity index (χ1n) is 7.83. The molecule has 7 heteroatoms. The van der Waals surface area contributed by atoms with Gasteiger partial charge in [0.1, 0.15) is 0 Å². The quantitative estimate of drug-likeness (QED) is 0.782. The van der Waals surface area contributed by atoms with E-state index in [1.165, 1.54) is 17.8 Å². The van der Waals surface area contributed by atoms with Crippen LogP contribution in [0.4, 0.5) is 8.78 Å². The first kappa shape index (κ1) is 18.7. The van der Waals surface area contributed by atoms with Crippen LogP contribution in [0, 0.1) is 17.0 Å². The molecule has 0 N–H and O–H groups in total. The van der Waals surface area contributed by atoms with Crippen LogP contribution < -0.4 is 0 Å². The van der Waals surface area contributed by atoms with Crippen molar-refractivity contribution in [2.24, 2.45) is 5.41 Å². The Balaban J connectivity index is 1.82. The van der Waals surface area contributed by atoms with Gasteiger partial charge in [-0.1, -0.05) is 20.8 Å². The Kier molecular flexibility index (Phi) is 5.85. The molecule has 0 radical (unpaired) electrons. The van der Waals surface area contributed by atoms with E-state index < -0.39 is 17.0 Å². The molecule has 1 saturated heterocycles. The molecule has 1 aromatic carbocycles. The van der Waals surface area contributed by atoms with E-state index >= 15 is 0 Å². The zero-order chi connectivity index (χ0) is 17.9. The number of piperazine rings is 1. The van der Waals surface area contributed by atoms with Gasteiger partial charge in [0.15, 0.2) is 11.6 Å². The maximum Gasteiger partial charge on any atom is 0.233 e. The Morgan fingerprint density at radius 2 is 1.62 bits per heavy atom. The molecular formula is C17H22F2N2O2S. The number of amides is 2. The van der Waals surface area contributed by atoms with Crippen LogP contribution in [0.25, 0.3) is 0 Å². The number of halogens is 2. The summed E-state index contributed by atoms with van der Waals surface area (Å²) in [6.45, 7) is 7.69. The van der Waals surface area contributed by atoms with Gasteiger partial charge in [-0.2, -0.15) is 0 Å². The summed E-state index contributed by atoms with van der Waals surface area (Å²) in [4.78, 5) is 28.5. The number of nitrogens with zero attached hydrogens (tertiary/aromatic N) is 2. The lowest BCUT2D eigenvalue weighted by atomic mass is 9.94. The molecule has 1 fully saturated rings. The lowest BCUT2D eigenvalue weighted by molar-refractivity contribution is -0.144. The van der Waals surface area contributed by atoms with Crippen molar-refractivity contribution in [3.8, 4) is 0 Å². The van der Waals surface area contributed by atoms with E-state index in [4.69, 9.17) is 0 Å². The normalized spacial score (nSPS) is 15.5. The van der Waals surface area contributed by atoms with Gasteiger partial charge in [-0.3, -0.25) is 9.59 Å². The highest BCUT2D eigenvalue weighted by Crippen LogP contribution is 2.22. The number of carbonyl (C=O) groups is 2. The van der Waals surface area contributed by atoms with Crippen LogP contribution in [0.2, 0.25) is 0 Å². The number of thioether (sulfide) groups is 1. The van der Waals surface area contributed by atoms with Crippen LogP contribution >= 0.6 is 11.8 Å². The third-order valence-corrected chi connectivity index (χ3v) is 4.79. The fourth-order valence-electron chi connectivity index (χ4n) is 2.44. The molecule has 0 saturated carbocycles. The highest BCUT2D eigenvalue weighted by molar-refractivity contribution is 8.00. The van der Waals surface area contributed by atoms with Gasteiger partial charge in [-0.05, 0) is 18.2 Å². The molecule has 2 rings (SSSR count). The lowest BCUT2D eigenvalue weighted by Gasteiger charge is -2.37. The van der Waals surface area contributed by atoms with Crippen LogP contribution in [0.1, 0.15) is 20.8 Å². The van der Waals surface area contributed by atoms with Gasteiger partial charge in [0.2, 0.25) is 11.8 Å². The van der Waals surface area contributed by atoms with Crippen LogP contribution in [-0.2, 0) is 9.59 Å². The van der Waals surface area contributed by atoms with Crippen molar-refractivity contribution in [3.05, 3.63) is 29.8 Å². The van der Waals surface area contributed by atoms with Crippen molar-refractivity contribution < 1.29 is 18.4 Å². The Bertz CT molecular complexity index is 624. The van der Waals surface area contributed by atoms with Gasteiger partial charge in [0.05, 0.1) is 5.75 Å². The average Bonchev–Trinajstić information content (AvgIpc) is 2.54. The molecule has 2 amide bonds. The lowest BCUT2D eigenvalue weighted by Crippen LogP contribution is -2.53. The Labute approximate surface area is 145 Å². The molecule has 0 spiro atoms. The van der Waals surface area contributed by atoms with Crippen LogP contribution in [0.15, 0.2) is 23.1 Å². The predicted molar refractivity (Wildman–Crippen MR) is 89.7 cm³/mol. The number of hydrogen-bond donors (Lipinski definition) is 0. The van der Waals surface area contributed by atoms with E-state index in [2.05, 4.69) is 0 Å². The first-order valence-corrected chi connectivity index (χ1v) is 8.82. The van der Waals surface area contributed by atoms with Crippen molar-refractivity contribution in [2.45, 2.75) is 25.7 Å². The fourth-order valence-corrected chi connectivity index (χ4v) is 3.26. The summed E-state index contributed by atoms with van der Waals surface area (Å²) in [7, 11) is 0. The smallest absolute Gasteiger partial charge is 0.233 e. The molecule has 4 nitrogen and oxygen atoms in total. The Hall–Kier alpha value is -1.63. The largest absolute Gasteiger partial charge is 0.339 e. The van der Waals surface area contributed by atoms with E-state index in [1.54, 1.807) is 9.80 Å². The van der Waals surface area contributed by atoms with Gasteiger partial charge in [0, 0.05) is 36.5 Å². The van der Waals surface area contributed by atoms with Crippen molar-refractivity contribution in [3.63, 3.8) is 0 Å². The maximum atomic E-state index is 13.2. The molecular weight excluding hydrogens is 334 g/mol. The second kappa shape index (κ2) is 7.51. The molecule has 0 aromatic heterocycles. The minimum atomic E-state index is -0.915. The highest BCUT2D eigenvalue weighted by atomic mass is 32.2. The van der Waals surface area contributed by atoms with Crippen LogP contribution in [0.3, 0.4) is 0 Å². The van der Waals surface area contributed by atoms with Gasteiger partial charge in [-0.25, -0.2) is 8.78 Å². The van der Waals surface area contributed by atoms with E-state index in [9.17, 15) is 18.4 Å². The number of carbonyl (C=O) groups excluding carboxylic acids is 2. The Morgan fingerprint density at radius 3 is 2.17 bits per heavy atom. The molecule has 24 heavy (non-hydrogen) atoms. The first-order chi connectivity index (χ1) is 11.2. The number of hydrogen-bond acceptors (Lipinski definition) is 3. The van der Waals surface area contributed by atoms with E-state index in [0.29, 0.717) is 31.1 Å². The van der Waals surface area contributed by atoms with E-state index in [1.807, 2.05) is 20.8 Å². The fraction of sp³-hybridized carbons (Fsp3) is 0.529. The summed E-state index contributed by atoms with van der Waals surface area (Å²) >= 11 is 1.18. The standard InChI is InChI=1S/C17H22F2N2O2S/c1-17(2,3)16(23)21-8-6-20(7-9-21)15(22)11-24-12-4-5-13(18)14(19)10-12/h4-5,10H,6-9,11H2,1-3H3. The monoisotopic (exact) mass is 356 g/mol. The van der Waals surface area contributed by atoms with Crippen LogP contribution in [-0.4, -0.2) is 53.5 Å². The van der Waals surface area contributed by atoms with Crippen molar-refractivity contribution in [2.75, 3.05) is 31.9 Å². The molecule has 1 heterocycles. The second-order valence-corrected chi connectivity index (χ2v) is 7.84. The molecule has 1 aliphatic rings. The van der Waals surface area contributed by atoms with Crippen LogP contribution in [0.5, 0.6) is 0 Å². The summed E-state index contributed by atoms with van der Waals surface area (Å²) in [5.41, 5.74) is -0.422. The summed E-state index contributed by atoms with van der Waals surface area (Å²) < 4.78 is 26.0. The highest BCUT2D eigenvalue weighted by Gasteiger charge is 2.30. The third-order valence-electron chi connectivity index (χ3n) is 3.81. The summed E-state index contributed by atoms with van der Waals surface area (Å²) in [5.74, 6) is -1.62. The van der Waals surface area contributed by atoms with E-state index in [0.717, 1.165) is 12.1 Å². The molecule has 0 bridgehead atoms. The van der Waals surface area contributed by atoms with E-state index in [-0.39, 0.29) is 17.6 Å². The molecule has 1 aromatic rings. The average molecular weight is 356 g/mol. The maximum absolute atomic E-state index is 13.2. The zero-order valence-electron chi connectivity index (χ0n) is 14.1. The van der Waals surface area contributed by atoms with Gasteiger partial charge < -0.3 is 9.80 Å². The topological polar surface area (TPSA) is 40.6 Å². The summed E-state index contributed by atoms with van der Waals surface area (Å²) in [6, 6.07) is 3.60. The van der Waals surface area contributed by atoms with Gasteiger partial charge in [0.25, 0.3) is 0 Å². The minimum Gasteiger partial charge on any atom is -0.339 e. The summed E-state index contributed by atoms with van der Waals surface area (Å²) in [6.07, 6.45) is 0. The molecule has 0 aliphatic carbocycles. The minimum absolute atomic E-state index is 0.0624. The zero-order valence-corrected chi connectivity index (χ0v) is 15.0. The second-order valence-electron chi connectivity index (χ2n) is 6.79. The molecule has 0 atom stereocenters. The summed E-state index contributed by atoms with van der Waals surface area (Å²) in [5, 5.41) is 0. The van der Waals surface area contributed by atoms with Gasteiger partial charge >= 0.3 is 0 Å². The molecule has 132 valence electrons. The van der Waals surface area contributed by atoms with Crippen molar-refractivity contribution in [1.29, 1.82) is 0 Å². The number of rotatable bonds is 3. The third kappa shape index (κ3) is 4.69. The SMILES string of the molecule is CC(C)(C)C(=O)N1CCN(C(=O)CSc2ccc(F)c(F)c2)CC1. The molecule has 1 aliphatic heterocycles. The van der Waals surface area contributed by atoms with Crippen molar-refractivity contribution >= 4 is 23.6 Å². The Morgan fingerprint density at radius 1 is 1.04 bits per heavy atom.